The maximum atomic E-state index is 6.03. The summed E-state index contributed by atoms with van der Waals surface area (Å²) in [7, 11) is 0. The SMILES string of the molecule is CCC(C)Oc1ccc(C(C)(C)c2ccc(OC(C)CC)c(C)c2)cc1C. The number of aryl methyl sites for hydroxylation is 2. The van der Waals surface area contributed by atoms with E-state index in [-0.39, 0.29) is 17.6 Å². The van der Waals surface area contributed by atoms with Crippen molar-refractivity contribution in [3.05, 3.63) is 58.7 Å². The van der Waals surface area contributed by atoms with Crippen LogP contribution in [0.1, 0.15) is 76.6 Å². The van der Waals surface area contributed by atoms with E-state index in [9.17, 15) is 0 Å². The van der Waals surface area contributed by atoms with Crippen molar-refractivity contribution in [1.82, 2.24) is 0 Å². The first kappa shape index (κ1) is 21.3. The van der Waals surface area contributed by atoms with Gasteiger partial charge in [0.25, 0.3) is 0 Å². The molecule has 0 N–H and O–H groups in total. The molecule has 0 radical (unpaired) electrons. The lowest BCUT2D eigenvalue weighted by atomic mass is 9.77. The van der Waals surface area contributed by atoms with E-state index in [0.29, 0.717) is 0 Å². The minimum atomic E-state index is -0.0840. The van der Waals surface area contributed by atoms with Crippen molar-refractivity contribution in [3.8, 4) is 11.5 Å². The van der Waals surface area contributed by atoms with E-state index in [1.54, 1.807) is 0 Å². The van der Waals surface area contributed by atoms with Crippen LogP contribution in [0.25, 0.3) is 0 Å². The average Bonchev–Trinajstić information content (AvgIpc) is 2.64. The second kappa shape index (κ2) is 8.82. The van der Waals surface area contributed by atoms with Gasteiger partial charge in [0.2, 0.25) is 0 Å². The Kier molecular flexibility index (Phi) is 6.97. The van der Waals surface area contributed by atoms with Gasteiger partial charge in [-0.15, -0.1) is 0 Å². The smallest absolute Gasteiger partial charge is 0.122 e. The van der Waals surface area contributed by atoms with Crippen molar-refractivity contribution in [3.63, 3.8) is 0 Å². The fourth-order valence-corrected chi connectivity index (χ4v) is 3.11. The first-order valence-corrected chi connectivity index (χ1v) is 10.2. The third-order valence-corrected chi connectivity index (χ3v) is 5.60. The summed E-state index contributed by atoms with van der Waals surface area (Å²) in [6, 6.07) is 13.2. The van der Waals surface area contributed by atoms with E-state index in [0.717, 1.165) is 24.3 Å². The predicted octanol–water partition coefficient (Wildman–Crippen LogP) is 6.98. The van der Waals surface area contributed by atoms with Crippen LogP contribution in [-0.2, 0) is 5.41 Å². The molecular formula is C25H36O2. The van der Waals surface area contributed by atoms with Gasteiger partial charge in [0.15, 0.2) is 0 Å². The molecule has 0 fully saturated rings. The molecule has 0 aliphatic heterocycles. The van der Waals surface area contributed by atoms with Gasteiger partial charge >= 0.3 is 0 Å². The van der Waals surface area contributed by atoms with Crippen LogP contribution in [0.3, 0.4) is 0 Å². The Morgan fingerprint density at radius 2 is 1.11 bits per heavy atom. The van der Waals surface area contributed by atoms with Gasteiger partial charge in [-0.2, -0.15) is 0 Å². The highest BCUT2D eigenvalue weighted by Crippen LogP contribution is 2.36. The summed E-state index contributed by atoms with van der Waals surface area (Å²) in [6.07, 6.45) is 2.50. The van der Waals surface area contributed by atoms with Gasteiger partial charge in [-0.25, -0.2) is 0 Å². The molecule has 0 heterocycles. The summed E-state index contributed by atoms with van der Waals surface area (Å²) < 4.78 is 12.1. The summed E-state index contributed by atoms with van der Waals surface area (Å²) in [4.78, 5) is 0. The van der Waals surface area contributed by atoms with Crippen LogP contribution >= 0.6 is 0 Å². The molecule has 0 aliphatic rings. The zero-order valence-electron chi connectivity index (χ0n) is 18.3. The first-order valence-electron chi connectivity index (χ1n) is 10.2. The average molecular weight is 369 g/mol. The minimum absolute atomic E-state index is 0.0840. The molecule has 2 aromatic carbocycles. The summed E-state index contributed by atoms with van der Waals surface area (Å²) in [5.74, 6) is 1.97. The standard InChI is InChI=1S/C25H36O2/c1-9-19(5)26-23-13-11-21(15-17(23)3)25(7,8)22-12-14-24(18(4)16-22)27-20(6)10-2/h11-16,19-20H,9-10H2,1-8H3. The topological polar surface area (TPSA) is 18.5 Å². The molecule has 0 aromatic heterocycles. The molecule has 0 saturated heterocycles. The van der Waals surface area contributed by atoms with Crippen LogP contribution in [0.15, 0.2) is 36.4 Å². The summed E-state index contributed by atoms with van der Waals surface area (Å²) in [5.41, 5.74) is 4.89. The van der Waals surface area contributed by atoms with Crippen molar-refractivity contribution >= 4 is 0 Å². The molecule has 0 spiro atoms. The Labute approximate surface area is 165 Å². The fourth-order valence-electron chi connectivity index (χ4n) is 3.11. The quantitative estimate of drug-likeness (QED) is 0.500. The van der Waals surface area contributed by atoms with Crippen LogP contribution < -0.4 is 9.47 Å². The molecule has 0 aliphatic carbocycles. The molecule has 2 aromatic rings. The van der Waals surface area contributed by atoms with Gasteiger partial charge < -0.3 is 9.47 Å². The number of benzene rings is 2. The van der Waals surface area contributed by atoms with Crippen LogP contribution in [-0.4, -0.2) is 12.2 Å². The maximum absolute atomic E-state index is 6.03. The number of hydrogen-bond acceptors (Lipinski definition) is 2. The zero-order chi connectivity index (χ0) is 20.2. The van der Waals surface area contributed by atoms with Crippen molar-refractivity contribution in [2.45, 2.75) is 85.9 Å². The first-order chi connectivity index (χ1) is 12.7. The van der Waals surface area contributed by atoms with E-state index in [4.69, 9.17) is 9.47 Å². The summed E-state index contributed by atoms with van der Waals surface area (Å²) in [6.45, 7) is 17.3. The van der Waals surface area contributed by atoms with Crippen LogP contribution in [0.4, 0.5) is 0 Å². The Bertz CT molecular complexity index is 697. The van der Waals surface area contributed by atoms with E-state index in [1.165, 1.54) is 22.3 Å². The highest BCUT2D eigenvalue weighted by atomic mass is 16.5. The van der Waals surface area contributed by atoms with Crippen LogP contribution in [0, 0.1) is 13.8 Å². The number of hydrogen-bond donors (Lipinski definition) is 0. The molecule has 2 nitrogen and oxygen atoms in total. The molecule has 2 rings (SSSR count). The van der Waals surface area contributed by atoms with E-state index >= 15 is 0 Å². The van der Waals surface area contributed by atoms with Gasteiger partial charge in [0.05, 0.1) is 12.2 Å². The van der Waals surface area contributed by atoms with E-state index in [1.807, 2.05) is 0 Å². The number of ether oxygens (including phenoxy) is 2. The molecule has 2 unspecified atom stereocenters. The molecule has 0 bridgehead atoms. The van der Waals surface area contributed by atoms with Gasteiger partial charge in [-0.1, -0.05) is 52.0 Å². The van der Waals surface area contributed by atoms with E-state index in [2.05, 4.69) is 91.8 Å². The fraction of sp³-hybridized carbons (Fsp3) is 0.520. The molecule has 2 heteroatoms. The van der Waals surface area contributed by atoms with E-state index < -0.39 is 0 Å². The van der Waals surface area contributed by atoms with Crippen LogP contribution in [0.2, 0.25) is 0 Å². The second-order valence-corrected chi connectivity index (χ2v) is 8.26. The Hall–Kier alpha value is -1.96. The third kappa shape index (κ3) is 5.06. The van der Waals surface area contributed by atoms with Gasteiger partial charge in [0, 0.05) is 5.41 Å². The van der Waals surface area contributed by atoms with Gasteiger partial charge in [-0.3, -0.25) is 0 Å². The normalized spacial score (nSPS) is 13.9. The highest BCUT2D eigenvalue weighted by molar-refractivity contribution is 5.47. The second-order valence-electron chi connectivity index (χ2n) is 8.26. The minimum Gasteiger partial charge on any atom is -0.490 e. The van der Waals surface area contributed by atoms with Gasteiger partial charge in [0.1, 0.15) is 11.5 Å². The van der Waals surface area contributed by atoms with Crippen molar-refractivity contribution in [2.75, 3.05) is 0 Å². The molecule has 0 amide bonds. The largest absolute Gasteiger partial charge is 0.490 e. The van der Waals surface area contributed by atoms with Gasteiger partial charge in [-0.05, 0) is 74.9 Å². The molecule has 27 heavy (non-hydrogen) atoms. The molecule has 148 valence electrons. The third-order valence-electron chi connectivity index (χ3n) is 5.60. The highest BCUT2D eigenvalue weighted by Gasteiger charge is 2.25. The lowest BCUT2D eigenvalue weighted by Crippen LogP contribution is -2.20. The van der Waals surface area contributed by atoms with Crippen LogP contribution in [0.5, 0.6) is 11.5 Å². The van der Waals surface area contributed by atoms with Crippen molar-refractivity contribution < 1.29 is 9.47 Å². The van der Waals surface area contributed by atoms with Crippen molar-refractivity contribution in [1.29, 1.82) is 0 Å². The predicted molar refractivity (Wildman–Crippen MR) is 115 cm³/mol. The zero-order valence-corrected chi connectivity index (χ0v) is 18.3. The Balaban J connectivity index is 2.29. The number of rotatable bonds is 8. The lowest BCUT2D eigenvalue weighted by Gasteiger charge is -2.28. The summed E-state index contributed by atoms with van der Waals surface area (Å²) in [5, 5.41) is 0. The Morgan fingerprint density at radius 1 is 0.741 bits per heavy atom. The van der Waals surface area contributed by atoms with Crippen molar-refractivity contribution in [2.24, 2.45) is 0 Å². The molecule has 0 saturated carbocycles. The summed E-state index contributed by atoms with van der Waals surface area (Å²) >= 11 is 0. The molecule has 2 atom stereocenters. The monoisotopic (exact) mass is 368 g/mol. The Morgan fingerprint density at radius 3 is 1.41 bits per heavy atom. The maximum Gasteiger partial charge on any atom is 0.122 e. The lowest BCUT2D eigenvalue weighted by molar-refractivity contribution is 0.216. The molecular weight excluding hydrogens is 332 g/mol.